The van der Waals surface area contributed by atoms with Crippen molar-refractivity contribution in [2.45, 2.75) is 12.5 Å². The fraction of sp³-hybridized carbons (Fsp3) is 0.300. The number of hydrogen-bond donors (Lipinski definition) is 2. The van der Waals surface area contributed by atoms with E-state index in [4.69, 9.17) is 15.7 Å². The van der Waals surface area contributed by atoms with Crippen molar-refractivity contribution < 1.29 is 9.84 Å². The normalized spacial score (nSPS) is 11.2. The molecule has 0 aromatic heterocycles. The molecule has 0 heterocycles. The zero-order valence-corrected chi connectivity index (χ0v) is 12.9. The van der Waals surface area contributed by atoms with Crippen molar-refractivity contribution in [2.75, 3.05) is 7.11 Å². The summed E-state index contributed by atoms with van der Waals surface area (Å²) in [5.74, 6) is 0.320. The zero-order valence-electron chi connectivity index (χ0n) is 8.91. The fourth-order valence-corrected chi connectivity index (χ4v) is 2.27. The van der Waals surface area contributed by atoms with Crippen LogP contribution in [0, 0.1) is 11.3 Å². The van der Waals surface area contributed by atoms with Crippen LogP contribution in [0.25, 0.3) is 0 Å². The number of aromatic hydroxyl groups is 1. The highest BCUT2D eigenvalue weighted by Gasteiger charge is 2.18. The number of methoxy groups -OCH3 is 1. The predicted molar refractivity (Wildman–Crippen MR) is 74.5 cm³/mol. The van der Waals surface area contributed by atoms with Gasteiger partial charge in [0.25, 0.3) is 0 Å². The van der Waals surface area contributed by atoms with E-state index in [0.29, 0.717) is 20.3 Å². The summed E-state index contributed by atoms with van der Waals surface area (Å²) in [6, 6.07) is 3.19. The van der Waals surface area contributed by atoms with Crippen molar-refractivity contribution in [1.82, 2.24) is 0 Å². The summed E-state index contributed by atoms with van der Waals surface area (Å²) in [6.07, 6.45) is 0.193. The van der Waals surface area contributed by atoms with Crippen LogP contribution >= 0.6 is 44.3 Å². The maximum absolute atomic E-state index is 9.71. The Morgan fingerprint density at radius 2 is 2.12 bits per heavy atom. The molecule has 94 valence electrons. The fourth-order valence-electron chi connectivity index (χ4n) is 1.25. The number of nitrogens with zero attached hydrogens (tertiary/aromatic N) is 1. The molecule has 0 radical (unpaired) electrons. The smallest absolute Gasteiger partial charge is 0.173 e. The van der Waals surface area contributed by atoms with E-state index in [2.05, 4.69) is 31.9 Å². The van der Waals surface area contributed by atoms with Gasteiger partial charge in [0.15, 0.2) is 11.5 Å². The molecule has 0 spiro atoms. The number of rotatable bonds is 3. The van der Waals surface area contributed by atoms with Crippen LogP contribution in [-0.2, 0) is 0 Å². The van der Waals surface area contributed by atoms with Gasteiger partial charge < -0.3 is 15.6 Å². The van der Waals surface area contributed by atoms with Crippen LogP contribution in [-0.4, -0.2) is 12.2 Å². The summed E-state index contributed by atoms with van der Waals surface area (Å²) in [4.78, 5) is 0. The number of hydrogen-bond acceptors (Lipinski definition) is 4. The summed E-state index contributed by atoms with van der Waals surface area (Å²) < 4.78 is 6.11. The van der Waals surface area contributed by atoms with Crippen LogP contribution in [0.4, 0.5) is 0 Å². The number of nitrogens with two attached hydrogens (primary N) is 1. The minimum absolute atomic E-state index is 0. The maximum atomic E-state index is 9.71. The quantitative estimate of drug-likeness (QED) is 0.836. The third kappa shape index (κ3) is 3.49. The number of phenols is 1. The zero-order chi connectivity index (χ0) is 12.3. The molecule has 0 fully saturated rings. The Labute approximate surface area is 122 Å². The van der Waals surface area contributed by atoms with Crippen LogP contribution in [0.1, 0.15) is 18.0 Å². The molecular formula is C10H11Br2ClN2O2. The summed E-state index contributed by atoms with van der Waals surface area (Å²) in [6.45, 7) is 0. The maximum Gasteiger partial charge on any atom is 0.173 e. The molecule has 1 rings (SSSR count). The van der Waals surface area contributed by atoms with Gasteiger partial charge in [-0.3, -0.25) is 0 Å². The first-order chi connectivity index (χ1) is 7.52. The number of phenolic OH excluding ortho intramolecular Hbond substituents is 1. The molecule has 0 aliphatic heterocycles. The highest BCUT2D eigenvalue weighted by atomic mass is 79.9. The van der Waals surface area contributed by atoms with E-state index in [1.165, 1.54) is 7.11 Å². The topological polar surface area (TPSA) is 79.3 Å². The molecule has 0 unspecified atom stereocenters. The molecule has 1 atom stereocenters. The van der Waals surface area contributed by atoms with Gasteiger partial charge >= 0.3 is 0 Å². The van der Waals surface area contributed by atoms with E-state index in [1.807, 2.05) is 6.07 Å². The Morgan fingerprint density at radius 3 is 2.59 bits per heavy atom. The van der Waals surface area contributed by atoms with Crippen LogP contribution in [0.3, 0.4) is 0 Å². The summed E-state index contributed by atoms with van der Waals surface area (Å²) >= 11 is 6.54. The Balaban J connectivity index is 0.00000256. The van der Waals surface area contributed by atoms with Crippen molar-refractivity contribution >= 4 is 44.3 Å². The van der Waals surface area contributed by atoms with Gasteiger partial charge in [-0.05, 0) is 43.5 Å². The molecule has 0 aliphatic carbocycles. The largest absolute Gasteiger partial charge is 0.503 e. The highest BCUT2D eigenvalue weighted by molar-refractivity contribution is 9.13. The van der Waals surface area contributed by atoms with Gasteiger partial charge in [0, 0.05) is 10.5 Å². The predicted octanol–water partition coefficient (Wildman–Crippen LogP) is 3.26. The molecule has 3 N–H and O–H groups in total. The van der Waals surface area contributed by atoms with E-state index in [0.717, 1.165) is 0 Å². The lowest BCUT2D eigenvalue weighted by Gasteiger charge is -2.15. The van der Waals surface area contributed by atoms with Gasteiger partial charge in [0.1, 0.15) is 0 Å². The SMILES string of the molecule is COc1cc([C@H](N)CC#N)c(Br)c(Br)c1O.Cl. The molecule has 0 aliphatic rings. The molecule has 0 amide bonds. The van der Waals surface area contributed by atoms with Crippen molar-refractivity contribution in [3.05, 3.63) is 20.6 Å². The average molecular weight is 386 g/mol. The van der Waals surface area contributed by atoms with E-state index in [1.54, 1.807) is 6.07 Å². The molecule has 4 nitrogen and oxygen atoms in total. The lowest BCUT2D eigenvalue weighted by Crippen LogP contribution is -2.10. The number of halogens is 3. The Hall–Kier alpha value is -0.480. The molecule has 7 heteroatoms. The number of ether oxygens (including phenoxy) is 1. The van der Waals surface area contributed by atoms with Crippen LogP contribution in [0.2, 0.25) is 0 Å². The van der Waals surface area contributed by atoms with Gasteiger partial charge in [-0.15, -0.1) is 12.4 Å². The minimum Gasteiger partial charge on any atom is -0.503 e. The molecule has 1 aromatic rings. The first kappa shape index (κ1) is 16.5. The second-order valence-electron chi connectivity index (χ2n) is 3.11. The van der Waals surface area contributed by atoms with E-state index < -0.39 is 6.04 Å². The van der Waals surface area contributed by atoms with E-state index in [9.17, 15) is 5.11 Å². The molecule has 0 saturated carbocycles. The molecular weight excluding hydrogens is 375 g/mol. The van der Waals surface area contributed by atoms with Crippen LogP contribution in [0.15, 0.2) is 15.0 Å². The number of benzene rings is 1. The monoisotopic (exact) mass is 384 g/mol. The summed E-state index contributed by atoms with van der Waals surface area (Å²) in [5, 5.41) is 18.3. The Kier molecular flexibility index (Phi) is 6.87. The van der Waals surface area contributed by atoms with Gasteiger partial charge in [0.2, 0.25) is 0 Å². The third-order valence-electron chi connectivity index (χ3n) is 2.10. The lowest BCUT2D eigenvalue weighted by molar-refractivity contribution is 0.370. The first-order valence-electron chi connectivity index (χ1n) is 4.40. The standard InChI is InChI=1S/C10H10Br2N2O2.ClH/c1-16-7-4-5(6(14)2-3-13)8(11)9(12)10(7)15;/h4,6,15H,2,14H2,1H3;1H/t6-;/m1./s1. The molecule has 17 heavy (non-hydrogen) atoms. The molecule has 1 aromatic carbocycles. The molecule has 0 saturated heterocycles. The highest BCUT2D eigenvalue weighted by Crippen LogP contribution is 2.43. The van der Waals surface area contributed by atoms with Crippen LogP contribution < -0.4 is 10.5 Å². The van der Waals surface area contributed by atoms with Crippen molar-refractivity contribution in [1.29, 1.82) is 5.26 Å². The van der Waals surface area contributed by atoms with Crippen molar-refractivity contribution in [3.63, 3.8) is 0 Å². The van der Waals surface area contributed by atoms with Gasteiger partial charge in [-0.1, -0.05) is 0 Å². The number of nitriles is 1. The van der Waals surface area contributed by atoms with E-state index in [-0.39, 0.29) is 24.6 Å². The second kappa shape index (κ2) is 7.07. The second-order valence-corrected chi connectivity index (χ2v) is 4.70. The van der Waals surface area contributed by atoms with Crippen molar-refractivity contribution in [2.24, 2.45) is 5.73 Å². The van der Waals surface area contributed by atoms with Crippen LogP contribution in [0.5, 0.6) is 11.5 Å². The Bertz CT molecular complexity index is 449. The first-order valence-corrected chi connectivity index (χ1v) is 5.98. The Morgan fingerprint density at radius 1 is 1.53 bits per heavy atom. The lowest BCUT2D eigenvalue weighted by atomic mass is 10.0. The average Bonchev–Trinajstić information content (AvgIpc) is 2.27. The van der Waals surface area contributed by atoms with Crippen molar-refractivity contribution in [3.8, 4) is 17.6 Å². The minimum atomic E-state index is -0.426. The van der Waals surface area contributed by atoms with Gasteiger partial charge in [0.05, 0.1) is 24.1 Å². The van der Waals surface area contributed by atoms with Gasteiger partial charge in [-0.2, -0.15) is 5.26 Å². The molecule has 0 bridgehead atoms. The summed E-state index contributed by atoms with van der Waals surface area (Å²) in [7, 11) is 1.45. The van der Waals surface area contributed by atoms with E-state index >= 15 is 0 Å². The van der Waals surface area contributed by atoms with Gasteiger partial charge in [-0.25, -0.2) is 0 Å². The third-order valence-corrected chi connectivity index (χ3v) is 4.26. The summed E-state index contributed by atoms with van der Waals surface area (Å²) in [5.41, 5.74) is 6.55.